The minimum Gasteiger partial charge on any atom is -0.384 e. The largest absolute Gasteiger partial charge is 0.384 e. The lowest BCUT2D eigenvalue weighted by atomic mass is 10.0. The number of nitrogens with one attached hydrogen (secondary N) is 1. The van der Waals surface area contributed by atoms with Crippen molar-refractivity contribution in [1.29, 1.82) is 0 Å². The summed E-state index contributed by atoms with van der Waals surface area (Å²) >= 11 is 0. The molecule has 3 heteroatoms. The first-order chi connectivity index (χ1) is 7.45. The number of ether oxygens (including phenoxy) is 1. The lowest BCUT2D eigenvalue weighted by Crippen LogP contribution is -2.06. The molecule has 1 aromatic heterocycles. The van der Waals surface area contributed by atoms with Crippen molar-refractivity contribution in [3.8, 4) is 0 Å². The molecule has 2 aliphatic rings. The number of anilines is 1. The van der Waals surface area contributed by atoms with Crippen molar-refractivity contribution in [2.75, 3.05) is 25.1 Å². The average Bonchev–Trinajstić information content (AvgIpc) is 2.78. The summed E-state index contributed by atoms with van der Waals surface area (Å²) in [5.41, 5.74) is 5.17. The summed E-state index contributed by atoms with van der Waals surface area (Å²) in [4.78, 5) is 4.51. The molecule has 0 fully saturated rings. The van der Waals surface area contributed by atoms with Crippen LogP contribution >= 0.6 is 0 Å². The van der Waals surface area contributed by atoms with Crippen LogP contribution in [0, 0.1) is 0 Å². The number of hydrogen-bond acceptors (Lipinski definition) is 3. The van der Waals surface area contributed by atoms with Gasteiger partial charge in [-0.25, -0.2) is 0 Å². The van der Waals surface area contributed by atoms with Gasteiger partial charge in [0.15, 0.2) is 0 Å². The summed E-state index contributed by atoms with van der Waals surface area (Å²) in [6.07, 6.45) is 6.13. The van der Waals surface area contributed by atoms with E-state index in [1.165, 1.54) is 22.5 Å². The van der Waals surface area contributed by atoms with Crippen molar-refractivity contribution >= 4 is 11.3 Å². The Hall–Kier alpha value is -1.35. The van der Waals surface area contributed by atoms with E-state index in [0.29, 0.717) is 0 Å². The monoisotopic (exact) mass is 202 g/mol. The van der Waals surface area contributed by atoms with Crippen LogP contribution in [0.25, 0.3) is 5.57 Å². The molecular weight excluding hydrogens is 188 g/mol. The number of nitrogens with zero attached hydrogens (tertiary/aromatic N) is 1. The molecule has 0 saturated carbocycles. The standard InChI is InChI=1S/C12H14N2O/c1-5-13-11-2-6-14-12(10(1)11)9-3-7-15-8-4-9/h2-3,6,13H,1,4-5,7-8H2. The number of pyridine rings is 1. The van der Waals surface area contributed by atoms with E-state index in [9.17, 15) is 0 Å². The van der Waals surface area contributed by atoms with Crippen molar-refractivity contribution in [1.82, 2.24) is 4.98 Å². The van der Waals surface area contributed by atoms with E-state index in [2.05, 4.69) is 22.4 Å². The van der Waals surface area contributed by atoms with Gasteiger partial charge < -0.3 is 10.1 Å². The SMILES string of the molecule is C1=C(c2nccc3c2CCN3)CCOC1. The zero-order chi connectivity index (χ0) is 10.1. The van der Waals surface area contributed by atoms with Gasteiger partial charge in [-0.1, -0.05) is 6.08 Å². The normalized spacial score (nSPS) is 19.3. The third-order valence-corrected chi connectivity index (χ3v) is 3.01. The topological polar surface area (TPSA) is 34.2 Å². The summed E-state index contributed by atoms with van der Waals surface area (Å²) in [6.45, 7) is 2.59. The maximum atomic E-state index is 5.32. The highest BCUT2D eigenvalue weighted by Gasteiger charge is 2.18. The molecule has 1 aromatic rings. The van der Waals surface area contributed by atoms with Crippen LogP contribution in [0.1, 0.15) is 17.7 Å². The molecule has 0 aliphatic carbocycles. The van der Waals surface area contributed by atoms with Crippen molar-refractivity contribution in [3.05, 3.63) is 29.6 Å². The fraction of sp³-hybridized carbons (Fsp3) is 0.417. The number of rotatable bonds is 1. The maximum absolute atomic E-state index is 5.32. The highest BCUT2D eigenvalue weighted by Crippen LogP contribution is 2.30. The Balaban J connectivity index is 2.04. The molecule has 0 saturated heterocycles. The fourth-order valence-electron chi connectivity index (χ4n) is 2.25. The Kier molecular flexibility index (Phi) is 2.18. The Morgan fingerprint density at radius 1 is 1.33 bits per heavy atom. The van der Waals surface area contributed by atoms with Crippen molar-refractivity contribution in [3.63, 3.8) is 0 Å². The quantitative estimate of drug-likeness (QED) is 0.754. The summed E-state index contributed by atoms with van der Waals surface area (Å²) in [7, 11) is 0. The van der Waals surface area contributed by atoms with E-state index in [1.807, 2.05) is 6.20 Å². The zero-order valence-corrected chi connectivity index (χ0v) is 8.62. The Morgan fingerprint density at radius 3 is 3.20 bits per heavy atom. The third kappa shape index (κ3) is 1.53. The van der Waals surface area contributed by atoms with Crippen LogP contribution in [0.3, 0.4) is 0 Å². The number of aromatic nitrogens is 1. The van der Waals surface area contributed by atoms with Crippen LogP contribution in [0.4, 0.5) is 5.69 Å². The lowest BCUT2D eigenvalue weighted by molar-refractivity contribution is 0.161. The smallest absolute Gasteiger partial charge is 0.0713 e. The van der Waals surface area contributed by atoms with Crippen molar-refractivity contribution in [2.24, 2.45) is 0 Å². The summed E-state index contributed by atoms with van der Waals surface area (Å²) in [5.74, 6) is 0. The van der Waals surface area contributed by atoms with Gasteiger partial charge in [-0.15, -0.1) is 0 Å². The van der Waals surface area contributed by atoms with Gasteiger partial charge in [0.05, 0.1) is 18.9 Å². The second-order valence-corrected chi connectivity index (χ2v) is 3.92. The lowest BCUT2D eigenvalue weighted by Gasteiger charge is -2.15. The minimum absolute atomic E-state index is 0.730. The van der Waals surface area contributed by atoms with E-state index in [1.54, 1.807) is 0 Å². The van der Waals surface area contributed by atoms with E-state index in [-0.39, 0.29) is 0 Å². The first-order valence-corrected chi connectivity index (χ1v) is 5.44. The second kappa shape index (κ2) is 3.66. The summed E-state index contributed by atoms with van der Waals surface area (Å²) < 4.78 is 5.32. The molecule has 0 unspecified atom stereocenters. The predicted octanol–water partition coefficient (Wildman–Crippen LogP) is 1.85. The van der Waals surface area contributed by atoms with E-state index >= 15 is 0 Å². The molecule has 0 spiro atoms. The molecule has 0 bridgehead atoms. The zero-order valence-electron chi connectivity index (χ0n) is 8.62. The van der Waals surface area contributed by atoms with Crippen molar-refractivity contribution < 1.29 is 4.74 Å². The van der Waals surface area contributed by atoms with Gasteiger partial charge in [0.25, 0.3) is 0 Å². The van der Waals surface area contributed by atoms with Crippen molar-refractivity contribution in [2.45, 2.75) is 12.8 Å². The molecule has 78 valence electrons. The fourth-order valence-corrected chi connectivity index (χ4v) is 2.25. The molecule has 0 radical (unpaired) electrons. The molecule has 3 nitrogen and oxygen atoms in total. The average molecular weight is 202 g/mol. The molecule has 0 aromatic carbocycles. The van der Waals surface area contributed by atoms with E-state index in [4.69, 9.17) is 4.74 Å². The van der Waals surface area contributed by atoms with E-state index in [0.717, 1.165) is 32.6 Å². The Bertz CT molecular complexity index is 412. The highest BCUT2D eigenvalue weighted by atomic mass is 16.5. The summed E-state index contributed by atoms with van der Waals surface area (Å²) in [5, 5.41) is 3.38. The van der Waals surface area contributed by atoms with E-state index < -0.39 is 0 Å². The van der Waals surface area contributed by atoms with Gasteiger partial charge in [0.1, 0.15) is 0 Å². The third-order valence-electron chi connectivity index (χ3n) is 3.01. The molecule has 15 heavy (non-hydrogen) atoms. The minimum atomic E-state index is 0.730. The van der Waals surface area contributed by atoms with Gasteiger partial charge in [-0.2, -0.15) is 0 Å². The molecule has 3 rings (SSSR count). The molecule has 0 amide bonds. The Morgan fingerprint density at radius 2 is 2.33 bits per heavy atom. The highest BCUT2D eigenvalue weighted by molar-refractivity contribution is 5.72. The first-order valence-electron chi connectivity index (χ1n) is 5.44. The van der Waals surface area contributed by atoms with Crippen LogP contribution in [0.5, 0.6) is 0 Å². The molecule has 2 aliphatic heterocycles. The predicted molar refractivity (Wildman–Crippen MR) is 59.8 cm³/mol. The number of fused-ring (bicyclic) bond motifs is 1. The van der Waals surface area contributed by atoms with Crippen LogP contribution in [0.2, 0.25) is 0 Å². The number of hydrogen-bond donors (Lipinski definition) is 1. The van der Waals surface area contributed by atoms with Crippen LogP contribution in [-0.4, -0.2) is 24.7 Å². The second-order valence-electron chi connectivity index (χ2n) is 3.92. The van der Waals surface area contributed by atoms with Crippen LogP contribution < -0.4 is 5.32 Å². The molecule has 0 atom stereocenters. The van der Waals surface area contributed by atoms with Gasteiger partial charge in [-0.3, -0.25) is 4.98 Å². The Labute approximate surface area is 89.2 Å². The summed E-state index contributed by atoms with van der Waals surface area (Å²) in [6, 6.07) is 2.06. The molecular formula is C12H14N2O. The van der Waals surface area contributed by atoms with Crippen LogP contribution in [0.15, 0.2) is 18.3 Å². The maximum Gasteiger partial charge on any atom is 0.0713 e. The van der Waals surface area contributed by atoms with Crippen LogP contribution in [-0.2, 0) is 11.2 Å². The molecule has 3 heterocycles. The van der Waals surface area contributed by atoms with Gasteiger partial charge in [0.2, 0.25) is 0 Å². The van der Waals surface area contributed by atoms with Gasteiger partial charge in [-0.05, 0) is 24.5 Å². The van der Waals surface area contributed by atoms with Gasteiger partial charge in [0, 0.05) is 24.0 Å². The first kappa shape index (κ1) is 8.92. The van der Waals surface area contributed by atoms with Gasteiger partial charge >= 0.3 is 0 Å². The molecule has 1 N–H and O–H groups in total.